The second-order valence-electron chi connectivity index (χ2n) is 4.17. The molecular weight excluding hydrogens is 259 g/mol. The normalized spacial score (nSPS) is 11.4. The number of benzene rings is 2. The maximum Gasteiger partial charge on any atom is 0.125 e. The van der Waals surface area contributed by atoms with Crippen LogP contribution in [0.1, 0.15) is 10.6 Å². The first kappa shape index (κ1) is 11.9. The van der Waals surface area contributed by atoms with Crippen LogP contribution in [-0.4, -0.2) is 4.98 Å². The van der Waals surface area contributed by atoms with E-state index in [2.05, 4.69) is 4.98 Å². The summed E-state index contributed by atoms with van der Waals surface area (Å²) in [5, 5.41) is 0.850. The highest BCUT2D eigenvalue weighted by atomic mass is 32.1. The summed E-state index contributed by atoms with van der Waals surface area (Å²) in [6.45, 7) is 0. The Kier molecular flexibility index (Phi) is 3.01. The number of aromatic nitrogens is 1. The summed E-state index contributed by atoms with van der Waals surface area (Å²) >= 11 is 1.53. The van der Waals surface area contributed by atoms with Gasteiger partial charge in [-0.3, -0.25) is 0 Å². The van der Waals surface area contributed by atoms with Crippen molar-refractivity contribution in [2.45, 2.75) is 0 Å². The average Bonchev–Trinajstić information content (AvgIpc) is 2.78. The zero-order chi connectivity index (χ0) is 13.2. The van der Waals surface area contributed by atoms with Crippen LogP contribution in [0.2, 0.25) is 0 Å². The third-order valence-electron chi connectivity index (χ3n) is 2.70. The average molecular weight is 270 g/mol. The Bertz CT molecular complexity index is 762. The predicted octanol–water partition coefficient (Wildman–Crippen LogP) is 4.19. The molecule has 3 aromatic rings. The van der Waals surface area contributed by atoms with Crippen LogP contribution in [-0.2, 0) is 0 Å². The van der Waals surface area contributed by atoms with Gasteiger partial charge in [0.2, 0.25) is 0 Å². The molecule has 1 heterocycles. The van der Waals surface area contributed by atoms with Crippen LogP contribution < -0.4 is 5.73 Å². The lowest BCUT2D eigenvalue weighted by Crippen LogP contribution is -1.83. The molecular formula is C15H11FN2S. The molecule has 0 aliphatic heterocycles. The van der Waals surface area contributed by atoms with E-state index in [1.54, 1.807) is 6.07 Å². The fourth-order valence-electron chi connectivity index (χ4n) is 1.82. The van der Waals surface area contributed by atoms with Gasteiger partial charge in [0.1, 0.15) is 10.8 Å². The van der Waals surface area contributed by atoms with Crippen LogP contribution in [0.4, 0.5) is 10.1 Å². The van der Waals surface area contributed by atoms with Gasteiger partial charge < -0.3 is 5.73 Å². The summed E-state index contributed by atoms with van der Waals surface area (Å²) in [6.07, 6.45) is 3.86. The molecule has 2 aromatic carbocycles. The standard InChI is InChI=1S/C15H11FN2S/c16-11-5-6-14-13(9-11)18-15(19-14)7-4-10-2-1-3-12(17)8-10/h1-9H,17H2/b7-4+. The van der Waals surface area contributed by atoms with Crippen molar-refractivity contribution >= 4 is 39.4 Å². The number of hydrogen-bond donors (Lipinski definition) is 1. The molecule has 0 aliphatic rings. The number of fused-ring (bicyclic) bond motifs is 1. The van der Waals surface area contributed by atoms with Crippen molar-refractivity contribution in [1.29, 1.82) is 0 Å². The van der Waals surface area contributed by atoms with E-state index in [0.29, 0.717) is 5.52 Å². The van der Waals surface area contributed by atoms with Gasteiger partial charge in [0, 0.05) is 11.8 Å². The molecule has 1 aromatic heterocycles. The zero-order valence-corrected chi connectivity index (χ0v) is 10.8. The third kappa shape index (κ3) is 2.63. The van der Waals surface area contributed by atoms with Gasteiger partial charge in [-0.1, -0.05) is 18.2 Å². The number of nitrogen functional groups attached to an aromatic ring is 1. The van der Waals surface area contributed by atoms with Crippen LogP contribution in [0.15, 0.2) is 42.5 Å². The molecule has 0 fully saturated rings. The van der Waals surface area contributed by atoms with Crippen LogP contribution in [0, 0.1) is 5.82 Å². The zero-order valence-electron chi connectivity index (χ0n) is 10.0. The summed E-state index contributed by atoms with van der Waals surface area (Å²) in [7, 11) is 0. The maximum absolute atomic E-state index is 13.1. The van der Waals surface area contributed by atoms with E-state index >= 15 is 0 Å². The number of nitrogens with zero attached hydrogens (tertiary/aromatic N) is 1. The summed E-state index contributed by atoms with van der Waals surface area (Å²) in [5.41, 5.74) is 8.16. The summed E-state index contributed by atoms with van der Waals surface area (Å²) in [5.74, 6) is -0.260. The van der Waals surface area contributed by atoms with Crippen LogP contribution >= 0.6 is 11.3 Å². The van der Waals surface area contributed by atoms with Crippen molar-refractivity contribution in [2.75, 3.05) is 5.73 Å². The Morgan fingerprint density at radius 1 is 1.11 bits per heavy atom. The van der Waals surface area contributed by atoms with Crippen LogP contribution in [0.5, 0.6) is 0 Å². The Balaban J connectivity index is 1.92. The Hall–Kier alpha value is -2.20. The van der Waals surface area contributed by atoms with E-state index in [1.165, 1.54) is 23.5 Å². The van der Waals surface area contributed by atoms with Crippen LogP contribution in [0.3, 0.4) is 0 Å². The Labute approximate surface area is 114 Å². The number of thiazole rings is 1. The molecule has 0 spiro atoms. The fraction of sp³-hybridized carbons (Fsp3) is 0. The number of nitrogens with two attached hydrogens (primary N) is 1. The lowest BCUT2D eigenvalue weighted by molar-refractivity contribution is 0.629. The van der Waals surface area contributed by atoms with Gasteiger partial charge in [-0.25, -0.2) is 9.37 Å². The largest absolute Gasteiger partial charge is 0.399 e. The second kappa shape index (κ2) is 4.82. The minimum Gasteiger partial charge on any atom is -0.399 e. The molecule has 3 rings (SSSR count). The lowest BCUT2D eigenvalue weighted by Gasteiger charge is -1.94. The van der Waals surface area contributed by atoms with Crippen molar-refractivity contribution in [3.05, 3.63) is 58.9 Å². The van der Waals surface area contributed by atoms with Crippen molar-refractivity contribution in [1.82, 2.24) is 4.98 Å². The Morgan fingerprint density at radius 3 is 2.84 bits per heavy atom. The molecule has 2 nitrogen and oxygen atoms in total. The fourth-order valence-corrected chi connectivity index (χ4v) is 2.67. The summed E-state index contributed by atoms with van der Waals surface area (Å²) in [6, 6.07) is 12.3. The molecule has 94 valence electrons. The molecule has 2 N–H and O–H groups in total. The molecule has 0 bridgehead atoms. The molecule has 0 saturated heterocycles. The third-order valence-corrected chi connectivity index (χ3v) is 3.70. The molecule has 0 aliphatic carbocycles. The first-order valence-electron chi connectivity index (χ1n) is 5.80. The van der Waals surface area contributed by atoms with Crippen LogP contribution in [0.25, 0.3) is 22.4 Å². The first-order chi connectivity index (χ1) is 9.20. The van der Waals surface area contributed by atoms with Gasteiger partial charge in [-0.05, 0) is 35.9 Å². The quantitative estimate of drug-likeness (QED) is 0.709. The van der Waals surface area contributed by atoms with E-state index in [9.17, 15) is 4.39 Å². The minimum absolute atomic E-state index is 0.260. The number of hydrogen-bond acceptors (Lipinski definition) is 3. The van der Waals surface area contributed by atoms with E-state index in [0.717, 1.165) is 21.0 Å². The topological polar surface area (TPSA) is 38.9 Å². The van der Waals surface area contributed by atoms with E-state index in [4.69, 9.17) is 5.73 Å². The van der Waals surface area contributed by atoms with E-state index < -0.39 is 0 Å². The molecule has 0 saturated carbocycles. The van der Waals surface area contributed by atoms with Crippen molar-refractivity contribution in [3.8, 4) is 0 Å². The highest BCUT2D eigenvalue weighted by Crippen LogP contribution is 2.24. The second-order valence-corrected chi connectivity index (χ2v) is 5.23. The van der Waals surface area contributed by atoms with E-state index in [-0.39, 0.29) is 5.82 Å². The molecule has 0 atom stereocenters. The molecule has 0 radical (unpaired) electrons. The Morgan fingerprint density at radius 2 is 2.00 bits per heavy atom. The van der Waals surface area contributed by atoms with Crippen molar-refractivity contribution in [2.24, 2.45) is 0 Å². The first-order valence-corrected chi connectivity index (χ1v) is 6.62. The van der Waals surface area contributed by atoms with Gasteiger partial charge >= 0.3 is 0 Å². The monoisotopic (exact) mass is 270 g/mol. The van der Waals surface area contributed by atoms with Crippen molar-refractivity contribution in [3.63, 3.8) is 0 Å². The smallest absolute Gasteiger partial charge is 0.125 e. The summed E-state index contributed by atoms with van der Waals surface area (Å²) in [4.78, 5) is 4.37. The highest BCUT2D eigenvalue weighted by molar-refractivity contribution is 7.19. The minimum atomic E-state index is -0.260. The molecule has 0 unspecified atom stereocenters. The van der Waals surface area contributed by atoms with Gasteiger partial charge in [0.05, 0.1) is 10.2 Å². The van der Waals surface area contributed by atoms with Gasteiger partial charge in [0.25, 0.3) is 0 Å². The van der Waals surface area contributed by atoms with Gasteiger partial charge in [-0.15, -0.1) is 11.3 Å². The van der Waals surface area contributed by atoms with E-state index in [1.807, 2.05) is 36.4 Å². The lowest BCUT2D eigenvalue weighted by atomic mass is 10.2. The van der Waals surface area contributed by atoms with Crippen molar-refractivity contribution < 1.29 is 4.39 Å². The highest BCUT2D eigenvalue weighted by Gasteiger charge is 2.02. The molecule has 0 amide bonds. The maximum atomic E-state index is 13.1. The number of anilines is 1. The molecule has 4 heteroatoms. The predicted molar refractivity (Wildman–Crippen MR) is 79.4 cm³/mol. The molecule has 19 heavy (non-hydrogen) atoms. The number of rotatable bonds is 2. The number of halogens is 1. The van der Waals surface area contributed by atoms with Gasteiger partial charge in [0.15, 0.2) is 0 Å². The SMILES string of the molecule is Nc1cccc(/C=C/c2nc3cc(F)ccc3s2)c1. The summed E-state index contributed by atoms with van der Waals surface area (Å²) < 4.78 is 14.1. The van der Waals surface area contributed by atoms with Gasteiger partial charge in [-0.2, -0.15) is 0 Å².